The van der Waals surface area contributed by atoms with Crippen molar-refractivity contribution < 1.29 is 27.5 Å². The number of hydrogen-bond donors (Lipinski definition) is 2. The minimum Gasteiger partial charge on any atom is -0.490 e. The summed E-state index contributed by atoms with van der Waals surface area (Å²) in [4.78, 5) is 26.3. The maximum atomic E-state index is 12.4. The lowest BCUT2D eigenvalue weighted by Gasteiger charge is -2.17. The van der Waals surface area contributed by atoms with Crippen molar-refractivity contribution in [2.24, 2.45) is 0 Å². The molecule has 0 aliphatic rings. The van der Waals surface area contributed by atoms with Gasteiger partial charge in [0.25, 0.3) is 0 Å². The van der Waals surface area contributed by atoms with Gasteiger partial charge in [-0.3, -0.25) is 14.5 Å². The zero-order valence-corrected chi connectivity index (χ0v) is 20.5. The molecule has 2 aromatic rings. The van der Waals surface area contributed by atoms with Crippen LogP contribution in [0.3, 0.4) is 0 Å². The van der Waals surface area contributed by atoms with Crippen molar-refractivity contribution in [2.45, 2.75) is 18.7 Å². The first-order valence-corrected chi connectivity index (χ1v) is 12.5. The van der Waals surface area contributed by atoms with Gasteiger partial charge in [0, 0.05) is 18.0 Å². The average Bonchev–Trinajstić information content (AvgIpc) is 2.70. The number of anilines is 2. The van der Waals surface area contributed by atoms with E-state index in [-0.39, 0.29) is 34.6 Å². The van der Waals surface area contributed by atoms with Crippen LogP contribution in [0.2, 0.25) is 5.02 Å². The Balaban J connectivity index is 1.95. The number of nitrogens with zero attached hydrogens (tertiary/aromatic N) is 1. The molecule has 2 rings (SSSR count). The summed E-state index contributed by atoms with van der Waals surface area (Å²) in [5, 5.41) is 5.54. The second-order valence-electron chi connectivity index (χ2n) is 7.21. The number of hydrogen-bond acceptors (Lipinski definition) is 7. The predicted molar refractivity (Wildman–Crippen MR) is 128 cm³/mol. The lowest BCUT2D eigenvalue weighted by atomic mass is 10.2. The normalized spacial score (nSPS) is 11.2. The lowest BCUT2D eigenvalue weighted by molar-refractivity contribution is -0.119. The Morgan fingerprint density at radius 2 is 1.55 bits per heavy atom. The van der Waals surface area contributed by atoms with Crippen molar-refractivity contribution in [1.29, 1.82) is 0 Å². The van der Waals surface area contributed by atoms with Crippen LogP contribution in [0.4, 0.5) is 11.4 Å². The molecular weight excluding hydrogens is 470 g/mol. The molecule has 9 nitrogen and oxygen atoms in total. The minimum absolute atomic E-state index is 0.0386. The summed E-state index contributed by atoms with van der Waals surface area (Å²) in [5.74, 6) is 0.342. The maximum Gasteiger partial charge on any atom is 0.238 e. The van der Waals surface area contributed by atoms with Crippen LogP contribution in [0, 0.1) is 0 Å². The Hall–Kier alpha value is -2.82. The van der Waals surface area contributed by atoms with Gasteiger partial charge in [-0.1, -0.05) is 11.6 Å². The van der Waals surface area contributed by atoms with Crippen molar-refractivity contribution >= 4 is 44.6 Å². The van der Waals surface area contributed by atoms with Crippen LogP contribution in [-0.2, 0) is 19.4 Å². The fraction of sp³-hybridized carbons (Fsp3) is 0.364. The van der Waals surface area contributed by atoms with Gasteiger partial charge in [0.2, 0.25) is 11.8 Å². The van der Waals surface area contributed by atoms with E-state index in [0.29, 0.717) is 30.4 Å². The van der Waals surface area contributed by atoms with Crippen LogP contribution >= 0.6 is 11.6 Å². The Bertz CT molecular complexity index is 1110. The van der Waals surface area contributed by atoms with Crippen molar-refractivity contribution in [2.75, 3.05) is 50.2 Å². The molecular formula is C22H28ClN3O6S. The number of carbonyl (C=O) groups excluding carboxylic acids is 2. The van der Waals surface area contributed by atoms with Gasteiger partial charge in [-0.2, -0.15) is 0 Å². The highest BCUT2D eigenvalue weighted by Crippen LogP contribution is 2.30. The fourth-order valence-corrected chi connectivity index (χ4v) is 3.71. The summed E-state index contributed by atoms with van der Waals surface area (Å²) in [5.41, 5.74) is 0.717. The molecule has 0 unspecified atom stereocenters. The zero-order chi connectivity index (χ0) is 24.6. The van der Waals surface area contributed by atoms with E-state index in [4.69, 9.17) is 21.1 Å². The molecule has 2 amide bonds. The summed E-state index contributed by atoms with van der Waals surface area (Å²) in [6, 6.07) is 9.16. The summed E-state index contributed by atoms with van der Waals surface area (Å²) in [6.07, 6.45) is 1.07. The third-order valence-electron chi connectivity index (χ3n) is 4.29. The van der Waals surface area contributed by atoms with Gasteiger partial charge in [-0.25, -0.2) is 8.42 Å². The number of ether oxygens (including phenoxy) is 2. The third-order valence-corrected chi connectivity index (χ3v) is 5.73. The molecule has 0 aliphatic heterocycles. The number of sulfone groups is 1. The van der Waals surface area contributed by atoms with Gasteiger partial charge in [-0.05, 0) is 51.2 Å². The van der Waals surface area contributed by atoms with Crippen molar-refractivity contribution in [3.8, 4) is 11.5 Å². The highest BCUT2D eigenvalue weighted by atomic mass is 35.5. The van der Waals surface area contributed by atoms with E-state index in [9.17, 15) is 18.0 Å². The molecule has 0 fully saturated rings. The summed E-state index contributed by atoms with van der Waals surface area (Å²) < 4.78 is 34.5. The minimum atomic E-state index is -3.45. The van der Waals surface area contributed by atoms with Crippen LogP contribution in [0.5, 0.6) is 11.5 Å². The number of halogens is 1. The average molecular weight is 498 g/mol. The molecule has 0 spiro atoms. The molecule has 0 saturated carbocycles. The largest absolute Gasteiger partial charge is 0.490 e. The van der Waals surface area contributed by atoms with Crippen molar-refractivity contribution in [1.82, 2.24) is 4.90 Å². The topological polar surface area (TPSA) is 114 Å². The number of amides is 2. The Kier molecular flexibility index (Phi) is 9.51. The van der Waals surface area contributed by atoms with Crippen LogP contribution < -0.4 is 20.1 Å². The smallest absolute Gasteiger partial charge is 0.238 e. The van der Waals surface area contributed by atoms with E-state index in [0.717, 1.165) is 6.26 Å². The molecule has 2 aromatic carbocycles. The van der Waals surface area contributed by atoms with Gasteiger partial charge in [0.05, 0.1) is 41.9 Å². The van der Waals surface area contributed by atoms with Gasteiger partial charge >= 0.3 is 0 Å². The third kappa shape index (κ3) is 8.23. The van der Waals surface area contributed by atoms with E-state index in [1.807, 2.05) is 13.8 Å². The maximum absolute atomic E-state index is 12.4. The standard InChI is InChI=1S/C22H28ClN3O6S/c1-5-31-19-10-7-15(11-20(19)32-6-2)24-21(27)13-26(3)14-22(28)25-18-12-16(33(4,29)30)8-9-17(18)23/h7-12H,5-6,13-14H2,1-4H3,(H,24,27)(H,25,28). The monoisotopic (exact) mass is 497 g/mol. The second kappa shape index (κ2) is 11.9. The molecule has 11 heteroatoms. The molecule has 2 N–H and O–H groups in total. The van der Waals surface area contributed by atoms with E-state index >= 15 is 0 Å². The van der Waals surface area contributed by atoms with Gasteiger partial charge < -0.3 is 20.1 Å². The molecule has 0 radical (unpaired) electrons. The second-order valence-corrected chi connectivity index (χ2v) is 9.63. The fourth-order valence-electron chi connectivity index (χ4n) is 2.90. The van der Waals surface area contributed by atoms with E-state index in [1.165, 1.54) is 23.1 Å². The van der Waals surface area contributed by atoms with Crippen LogP contribution in [0.25, 0.3) is 0 Å². The highest BCUT2D eigenvalue weighted by Gasteiger charge is 2.15. The number of likely N-dealkylation sites (N-methyl/N-ethyl adjacent to an activating group) is 1. The van der Waals surface area contributed by atoms with Crippen molar-refractivity contribution in [3.05, 3.63) is 41.4 Å². The predicted octanol–water partition coefficient (Wildman–Crippen LogP) is 3.05. The van der Waals surface area contributed by atoms with Crippen molar-refractivity contribution in [3.63, 3.8) is 0 Å². The van der Waals surface area contributed by atoms with E-state index < -0.39 is 15.7 Å². The zero-order valence-electron chi connectivity index (χ0n) is 19.0. The lowest BCUT2D eigenvalue weighted by Crippen LogP contribution is -2.36. The number of carbonyl (C=O) groups is 2. The first-order valence-electron chi connectivity index (χ1n) is 10.2. The Morgan fingerprint density at radius 1 is 0.939 bits per heavy atom. The quantitative estimate of drug-likeness (QED) is 0.490. The molecule has 0 heterocycles. The molecule has 33 heavy (non-hydrogen) atoms. The van der Waals surface area contributed by atoms with Crippen LogP contribution in [-0.4, -0.2) is 64.7 Å². The molecule has 0 aliphatic carbocycles. The molecule has 0 saturated heterocycles. The Morgan fingerprint density at radius 3 is 2.15 bits per heavy atom. The summed E-state index contributed by atoms with van der Waals surface area (Å²) in [7, 11) is -1.84. The summed E-state index contributed by atoms with van der Waals surface area (Å²) >= 11 is 6.06. The summed E-state index contributed by atoms with van der Waals surface area (Å²) in [6.45, 7) is 4.50. The van der Waals surface area contributed by atoms with Gasteiger partial charge in [0.1, 0.15) is 0 Å². The first-order chi connectivity index (χ1) is 15.5. The highest BCUT2D eigenvalue weighted by molar-refractivity contribution is 7.90. The van der Waals surface area contributed by atoms with Crippen LogP contribution in [0.15, 0.2) is 41.3 Å². The number of rotatable bonds is 11. The molecule has 0 atom stereocenters. The van der Waals surface area contributed by atoms with Crippen LogP contribution in [0.1, 0.15) is 13.8 Å². The number of benzene rings is 2. The molecule has 180 valence electrons. The van der Waals surface area contributed by atoms with E-state index in [2.05, 4.69) is 10.6 Å². The van der Waals surface area contributed by atoms with Gasteiger partial charge in [-0.15, -0.1) is 0 Å². The number of nitrogens with one attached hydrogen (secondary N) is 2. The first kappa shape index (κ1) is 26.4. The molecule has 0 bridgehead atoms. The Labute approximate surface area is 198 Å². The SMILES string of the molecule is CCOc1ccc(NC(=O)CN(C)CC(=O)Nc2cc(S(C)(=O)=O)ccc2Cl)cc1OCC. The molecule has 0 aromatic heterocycles. The van der Waals surface area contributed by atoms with Gasteiger partial charge in [0.15, 0.2) is 21.3 Å². The van der Waals surface area contributed by atoms with E-state index in [1.54, 1.807) is 25.2 Å².